The van der Waals surface area contributed by atoms with E-state index in [1.807, 2.05) is 6.07 Å². The molecule has 1 saturated carbocycles. The number of hydrogen-bond acceptors (Lipinski definition) is 3. The minimum atomic E-state index is -0.890. The third kappa shape index (κ3) is 2.54. The van der Waals surface area contributed by atoms with Crippen molar-refractivity contribution in [1.82, 2.24) is 5.32 Å². The second-order valence-corrected chi connectivity index (χ2v) is 5.51. The number of hydrogen-bond donors (Lipinski definition) is 2. The molecule has 6 heteroatoms. The first-order valence-electron chi connectivity index (χ1n) is 4.82. The predicted molar refractivity (Wildman–Crippen MR) is 60.4 cm³/mol. The van der Waals surface area contributed by atoms with Gasteiger partial charge in [-0.2, -0.15) is 0 Å². The molecule has 0 aliphatic heterocycles. The highest BCUT2D eigenvalue weighted by Gasteiger charge is 2.48. The molecule has 0 radical (unpaired) electrons. The van der Waals surface area contributed by atoms with E-state index in [1.165, 1.54) is 11.3 Å². The van der Waals surface area contributed by atoms with E-state index in [-0.39, 0.29) is 11.8 Å². The molecule has 1 aliphatic rings. The molecule has 1 aromatic rings. The summed E-state index contributed by atoms with van der Waals surface area (Å²) in [4.78, 5) is 23.0. The number of rotatable bonds is 4. The van der Waals surface area contributed by atoms with Crippen LogP contribution in [0, 0.1) is 11.8 Å². The number of carbonyl (C=O) groups excluding carboxylic acids is 1. The Morgan fingerprint density at radius 1 is 1.50 bits per heavy atom. The Labute approximate surface area is 101 Å². The monoisotopic (exact) mass is 259 g/mol. The largest absolute Gasteiger partial charge is 0.481 e. The van der Waals surface area contributed by atoms with Gasteiger partial charge in [-0.25, -0.2) is 0 Å². The molecule has 2 N–H and O–H groups in total. The Kier molecular flexibility index (Phi) is 3.16. The van der Waals surface area contributed by atoms with Crippen LogP contribution >= 0.6 is 22.9 Å². The zero-order valence-electron chi connectivity index (χ0n) is 8.27. The highest BCUT2D eigenvalue weighted by molar-refractivity contribution is 7.16. The van der Waals surface area contributed by atoms with Crippen molar-refractivity contribution in [3.8, 4) is 0 Å². The standard InChI is InChI=1S/C10H10ClNO3S/c11-8-2-1-5(16-8)4-12-9(13)6-3-7(6)10(14)15/h1-2,6-7H,3-4H2,(H,12,13)(H,14,15). The Morgan fingerprint density at radius 3 is 2.75 bits per heavy atom. The molecule has 16 heavy (non-hydrogen) atoms. The first-order valence-corrected chi connectivity index (χ1v) is 6.02. The lowest BCUT2D eigenvalue weighted by Crippen LogP contribution is -2.25. The summed E-state index contributed by atoms with van der Waals surface area (Å²) in [5.41, 5.74) is 0. The maximum atomic E-state index is 11.5. The second kappa shape index (κ2) is 4.43. The third-order valence-corrected chi connectivity index (χ3v) is 3.74. The predicted octanol–water partition coefficient (Wildman–Crippen LogP) is 1.74. The van der Waals surface area contributed by atoms with Crippen LogP contribution < -0.4 is 5.32 Å². The number of carboxylic acids is 1. The SMILES string of the molecule is O=C(O)C1CC1C(=O)NCc1ccc(Cl)s1. The summed E-state index contributed by atoms with van der Waals surface area (Å²) in [6.45, 7) is 0.416. The Bertz CT molecular complexity index is 431. The van der Waals surface area contributed by atoms with Crippen molar-refractivity contribution >= 4 is 34.8 Å². The van der Waals surface area contributed by atoms with Crippen molar-refractivity contribution < 1.29 is 14.7 Å². The first kappa shape index (κ1) is 11.4. The van der Waals surface area contributed by atoms with Gasteiger partial charge in [0.15, 0.2) is 0 Å². The molecule has 2 atom stereocenters. The van der Waals surface area contributed by atoms with E-state index in [1.54, 1.807) is 6.07 Å². The van der Waals surface area contributed by atoms with Crippen molar-refractivity contribution in [1.29, 1.82) is 0 Å². The molecule has 2 unspecified atom stereocenters. The molecular formula is C10H10ClNO3S. The third-order valence-electron chi connectivity index (χ3n) is 2.51. The summed E-state index contributed by atoms with van der Waals surface area (Å²) < 4.78 is 0.680. The van der Waals surface area contributed by atoms with Crippen LogP contribution in [-0.2, 0) is 16.1 Å². The van der Waals surface area contributed by atoms with Crippen LogP contribution in [0.4, 0.5) is 0 Å². The van der Waals surface area contributed by atoms with E-state index in [0.29, 0.717) is 17.3 Å². The second-order valence-electron chi connectivity index (χ2n) is 3.71. The summed E-state index contributed by atoms with van der Waals surface area (Å²) in [6, 6.07) is 3.61. The molecule has 86 valence electrons. The average Bonchev–Trinajstić information content (AvgIpc) is 2.93. The van der Waals surface area contributed by atoms with Crippen molar-refractivity contribution in [3.63, 3.8) is 0 Å². The van der Waals surface area contributed by atoms with Gasteiger partial charge in [0.05, 0.1) is 22.7 Å². The topological polar surface area (TPSA) is 66.4 Å². The van der Waals surface area contributed by atoms with Gasteiger partial charge in [0.25, 0.3) is 0 Å². The normalized spacial score (nSPS) is 22.8. The summed E-state index contributed by atoms with van der Waals surface area (Å²) in [5, 5.41) is 11.4. The molecule has 4 nitrogen and oxygen atoms in total. The van der Waals surface area contributed by atoms with Crippen molar-refractivity contribution in [3.05, 3.63) is 21.3 Å². The van der Waals surface area contributed by atoms with Crippen molar-refractivity contribution in [2.75, 3.05) is 0 Å². The van der Waals surface area contributed by atoms with Gasteiger partial charge >= 0.3 is 5.97 Å². The van der Waals surface area contributed by atoms with Crippen LogP contribution in [0.2, 0.25) is 4.34 Å². The van der Waals surface area contributed by atoms with Gasteiger partial charge in [-0.05, 0) is 18.6 Å². The molecule has 0 spiro atoms. The van der Waals surface area contributed by atoms with Gasteiger partial charge in [0, 0.05) is 4.88 Å². The molecule has 0 bridgehead atoms. The highest BCUT2D eigenvalue weighted by Crippen LogP contribution is 2.38. The smallest absolute Gasteiger partial charge is 0.307 e. The molecule has 1 amide bonds. The maximum absolute atomic E-state index is 11.5. The van der Waals surface area contributed by atoms with E-state index in [2.05, 4.69) is 5.32 Å². The fourth-order valence-corrected chi connectivity index (χ4v) is 2.54. The Hall–Kier alpha value is -1.07. The summed E-state index contributed by atoms with van der Waals surface area (Å²) in [5.74, 6) is -1.92. The molecule has 0 saturated heterocycles. The van der Waals surface area contributed by atoms with Crippen LogP contribution in [0.25, 0.3) is 0 Å². The summed E-state index contributed by atoms with van der Waals surface area (Å²) in [6.07, 6.45) is 0.451. The van der Waals surface area contributed by atoms with E-state index in [0.717, 1.165) is 4.88 Å². The van der Waals surface area contributed by atoms with Crippen LogP contribution in [0.15, 0.2) is 12.1 Å². The number of amides is 1. The zero-order chi connectivity index (χ0) is 11.7. The molecule has 1 fully saturated rings. The lowest BCUT2D eigenvalue weighted by molar-refractivity contribution is -0.140. The number of aliphatic carboxylic acids is 1. The van der Waals surface area contributed by atoms with Gasteiger partial charge in [-0.1, -0.05) is 11.6 Å². The fraction of sp³-hybridized carbons (Fsp3) is 0.400. The molecule has 2 rings (SSSR count). The van der Waals surface area contributed by atoms with E-state index < -0.39 is 11.9 Å². The van der Waals surface area contributed by atoms with Crippen LogP contribution in [0.3, 0.4) is 0 Å². The maximum Gasteiger partial charge on any atom is 0.307 e. The first-order chi connectivity index (χ1) is 7.58. The number of thiophene rings is 1. The Morgan fingerprint density at radius 2 is 2.25 bits per heavy atom. The van der Waals surface area contributed by atoms with E-state index in [9.17, 15) is 9.59 Å². The molecule has 1 aromatic heterocycles. The van der Waals surface area contributed by atoms with Gasteiger partial charge in [-0.3, -0.25) is 9.59 Å². The van der Waals surface area contributed by atoms with E-state index in [4.69, 9.17) is 16.7 Å². The lowest BCUT2D eigenvalue weighted by atomic mass is 10.3. The highest BCUT2D eigenvalue weighted by atomic mass is 35.5. The molecule has 1 aliphatic carbocycles. The minimum absolute atomic E-state index is 0.183. The average molecular weight is 260 g/mol. The summed E-state index contributed by atoms with van der Waals surface area (Å²) >= 11 is 7.15. The van der Waals surface area contributed by atoms with Crippen LogP contribution in [0.5, 0.6) is 0 Å². The van der Waals surface area contributed by atoms with Crippen molar-refractivity contribution in [2.24, 2.45) is 11.8 Å². The van der Waals surface area contributed by atoms with Crippen LogP contribution in [-0.4, -0.2) is 17.0 Å². The molecule has 1 heterocycles. The minimum Gasteiger partial charge on any atom is -0.481 e. The van der Waals surface area contributed by atoms with Crippen molar-refractivity contribution in [2.45, 2.75) is 13.0 Å². The van der Waals surface area contributed by atoms with Gasteiger partial charge in [0.1, 0.15) is 0 Å². The van der Waals surface area contributed by atoms with E-state index >= 15 is 0 Å². The van der Waals surface area contributed by atoms with Gasteiger partial charge in [0.2, 0.25) is 5.91 Å². The van der Waals surface area contributed by atoms with Crippen LogP contribution in [0.1, 0.15) is 11.3 Å². The number of nitrogens with one attached hydrogen (secondary N) is 1. The van der Waals surface area contributed by atoms with Gasteiger partial charge in [-0.15, -0.1) is 11.3 Å². The number of carboxylic acid groups (broad SMARTS) is 1. The number of carbonyl (C=O) groups is 2. The fourth-order valence-electron chi connectivity index (χ4n) is 1.51. The molecule has 0 aromatic carbocycles. The quantitative estimate of drug-likeness (QED) is 0.866. The lowest BCUT2D eigenvalue weighted by Gasteiger charge is -2.01. The number of halogens is 1. The Balaban J connectivity index is 1.79. The zero-order valence-corrected chi connectivity index (χ0v) is 9.85. The summed E-state index contributed by atoms with van der Waals surface area (Å²) in [7, 11) is 0. The van der Waals surface area contributed by atoms with Gasteiger partial charge < -0.3 is 10.4 Å². The molecular weight excluding hydrogens is 250 g/mol.